The van der Waals surface area contributed by atoms with Crippen molar-refractivity contribution in [3.63, 3.8) is 0 Å². The van der Waals surface area contributed by atoms with Gasteiger partial charge < -0.3 is 15.0 Å². The molecule has 2 heterocycles. The van der Waals surface area contributed by atoms with Gasteiger partial charge in [-0.25, -0.2) is 0 Å². The monoisotopic (exact) mass is 344 g/mol. The maximum absolute atomic E-state index is 12.4. The van der Waals surface area contributed by atoms with Gasteiger partial charge in [-0.1, -0.05) is 18.2 Å². The molecule has 24 heavy (non-hydrogen) atoms. The lowest BCUT2D eigenvalue weighted by molar-refractivity contribution is -0.128. The van der Waals surface area contributed by atoms with E-state index in [-0.39, 0.29) is 17.7 Å². The maximum atomic E-state index is 12.4. The number of rotatable bonds is 6. The van der Waals surface area contributed by atoms with Gasteiger partial charge in [0.1, 0.15) is 12.4 Å². The largest absolute Gasteiger partial charge is 0.488 e. The molecule has 2 amide bonds. The van der Waals surface area contributed by atoms with Crippen molar-refractivity contribution in [2.75, 3.05) is 19.6 Å². The highest BCUT2D eigenvalue weighted by Gasteiger charge is 2.36. The minimum Gasteiger partial charge on any atom is -0.488 e. The Bertz CT molecular complexity index is 708. The summed E-state index contributed by atoms with van der Waals surface area (Å²) in [5.74, 6) is 0.761. The topological polar surface area (TPSA) is 58.6 Å². The van der Waals surface area contributed by atoms with Crippen molar-refractivity contribution in [2.45, 2.75) is 13.5 Å². The Labute approximate surface area is 145 Å². The predicted molar refractivity (Wildman–Crippen MR) is 93.2 cm³/mol. The van der Waals surface area contributed by atoms with Crippen molar-refractivity contribution in [2.24, 2.45) is 5.92 Å². The van der Waals surface area contributed by atoms with Gasteiger partial charge in [-0.3, -0.25) is 9.59 Å². The average molecular weight is 344 g/mol. The summed E-state index contributed by atoms with van der Waals surface area (Å²) < 4.78 is 5.69. The molecular formula is C18H20N2O3S. The fourth-order valence-corrected chi connectivity index (χ4v) is 3.42. The number of likely N-dealkylation sites (tertiary alicyclic amines) is 1. The molecule has 1 aromatic heterocycles. The summed E-state index contributed by atoms with van der Waals surface area (Å²) >= 11 is 1.44. The molecular weight excluding hydrogens is 324 g/mol. The molecule has 1 aromatic carbocycles. The first-order chi connectivity index (χ1) is 11.7. The highest BCUT2D eigenvalue weighted by molar-refractivity contribution is 7.14. The quantitative estimate of drug-likeness (QED) is 0.876. The lowest BCUT2D eigenvalue weighted by Gasteiger charge is -2.37. The second-order valence-electron chi connectivity index (χ2n) is 5.67. The van der Waals surface area contributed by atoms with Gasteiger partial charge in [0, 0.05) is 24.5 Å². The highest BCUT2D eigenvalue weighted by atomic mass is 32.1. The molecule has 1 saturated heterocycles. The van der Waals surface area contributed by atoms with Crippen molar-refractivity contribution in [1.82, 2.24) is 10.2 Å². The minimum absolute atomic E-state index is 0.00786. The molecule has 126 valence electrons. The van der Waals surface area contributed by atoms with Gasteiger partial charge in [0.05, 0.1) is 10.8 Å². The zero-order chi connectivity index (χ0) is 16.9. The third-order valence-corrected chi connectivity index (χ3v) is 4.93. The van der Waals surface area contributed by atoms with Gasteiger partial charge in [-0.05, 0) is 31.2 Å². The summed E-state index contributed by atoms with van der Waals surface area (Å²) in [7, 11) is 0. The molecule has 1 fully saturated rings. The van der Waals surface area contributed by atoms with Crippen LogP contribution in [0.3, 0.4) is 0 Å². The number of para-hydroxylation sites is 1. The molecule has 0 aliphatic carbocycles. The second-order valence-corrected chi connectivity index (χ2v) is 6.84. The first-order valence-electron chi connectivity index (χ1n) is 8.01. The second kappa shape index (κ2) is 7.49. The molecule has 0 unspecified atom stereocenters. The maximum Gasteiger partial charge on any atom is 0.263 e. The van der Waals surface area contributed by atoms with Crippen LogP contribution >= 0.6 is 11.3 Å². The van der Waals surface area contributed by atoms with Crippen molar-refractivity contribution in [3.05, 3.63) is 52.2 Å². The van der Waals surface area contributed by atoms with Crippen LogP contribution in [-0.4, -0.2) is 36.3 Å². The van der Waals surface area contributed by atoms with E-state index in [2.05, 4.69) is 5.32 Å². The van der Waals surface area contributed by atoms with Gasteiger partial charge >= 0.3 is 0 Å². The number of nitrogens with zero attached hydrogens (tertiary/aromatic N) is 1. The number of carbonyl (C=O) groups excluding carboxylic acids is 2. The first kappa shape index (κ1) is 16.5. The standard InChI is InChI=1S/C18H20N2O3S/c1-2-19-17(21)13-10-20(11-13)18(22)16-9-8-15(24-16)12-23-14-6-4-3-5-7-14/h3-9,13H,2,10-12H2,1H3,(H,19,21). The number of amides is 2. The summed E-state index contributed by atoms with van der Waals surface area (Å²) in [5, 5.41) is 2.79. The molecule has 1 aliphatic heterocycles. The summed E-state index contributed by atoms with van der Waals surface area (Å²) in [5.41, 5.74) is 0. The van der Waals surface area contributed by atoms with Crippen molar-refractivity contribution >= 4 is 23.2 Å². The van der Waals surface area contributed by atoms with Crippen LogP contribution < -0.4 is 10.1 Å². The predicted octanol–water partition coefficient (Wildman–Crippen LogP) is 2.54. The minimum atomic E-state index is -0.0743. The zero-order valence-corrected chi connectivity index (χ0v) is 14.3. The number of nitrogens with one attached hydrogen (secondary N) is 1. The molecule has 1 N–H and O–H groups in total. The number of thiophene rings is 1. The van der Waals surface area contributed by atoms with E-state index in [1.54, 1.807) is 4.90 Å². The SMILES string of the molecule is CCNC(=O)C1CN(C(=O)c2ccc(COc3ccccc3)s2)C1. The van der Waals surface area contributed by atoms with Crippen molar-refractivity contribution in [1.29, 1.82) is 0 Å². The first-order valence-corrected chi connectivity index (χ1v) is 8.82. The molecule has 0 bridgehead atoms. The van der Waals surface area contributed by atoms with Gasteiger partial charge in [0.25, 0.3) is 5.91 Å². The van der Waals surface area contributed by atoms with Crippen LogP contribution in [0.15, 0.2) is 42.5 Å². The molecule has 1 aliphatic rings. The summed E-state index contributed by atoms with van der Waals surface area (Å²) in [6.07, 6.45) is 0. The molecule has 2 aromatic rings. The van der Waals surface area contributed by atoms with E-state index >= 15 is 0 Å². The molecule has 0 saturated carbocycles. The lowest BCUT2D eigenvalue weighted by Crippen LogP contribution is -2.55. The molecule has 6 heteroatoms. The smallest absolute Gasteiger partial charge is 0.263 e. The lowest BCUT2D eigenvalue weighted by atomic mass is 9.99. The third kappa shape index (κ3) is 3.76. The van der Waals surface area contributed by atoms with Gasteiger partial charge in [-0.15, -0.1) is 11.3 Å². The van der Waals surface area contributed by atoms with E-state index < -0.39 is 0 Å². The van der Waals surface area contributed by atoms with Crippen LogP contribution in [0.4, 0.5) is 0 Å². The average Bonchev–Trinajstić information content (AvgIpc) is 3.02. The number of hydrogen-bond donors (Lipinski definition) is 1. The van der Waals surface area contributed by atoms with E-state index in [0.29, 0.717) is 31.1 Å². The molecule has 3 rings (SSSR count). The molecule has 0 spiro atoms. The van der Waals surface area contributed by atoms with Gasteiger partial charge in [0.15, 0.2) is 0 Å². The van der Waals surface area contributed by atoms with Crippen LogP contribution in [0.1, 0.15) is 21.5 Å². The Morgan fingerprint density at radius 3 is 2.67 bits per heavy atom. The van der Waals surface area contributed by atoms with Gasteiger partial charge in [0.2, 0.25) is 5.91 Å². The Balaban J connectivity index is 1.50. The van der Waals surface area contributed by atoms with E-state index in [0.717, 1.165) is 10.6 Å². The Morgan fingerprint density at radius 1 is 1.21 bits per heavy atom. The van der Waals surface area contributed by atoms with Gasteiger partial charge in [-0.2, -0.15) is 0 Å². The number of benzene rings is 1. The van der Waals surface area contributed by atoms with Crippen molar-refractivity contribution in [3.8, 4) is 5.75 Å². The Morgan fingerprint density at radius 2 is 1.96 bits per heavy atom. The zero-order valence-electron chi connectivity index (χ0n) is 13.5. The summed E-state index contributed by atoms with van der Waals surface area (Å²) in [6, 6.07) is 13.3. The van der Waals surface area contributed by atoms with E-state index in [9.17, 15) is 9.59 Å². The summed E-state index contributed by atoms with van der Waals surface area (Å²) in [4.78, 5) is 27.5. The third-order valence-electron chi connectivity index (χ3n) is 3.89. The highest BCUT2D eigenvalue weighted by Crippen LogP contribution is 2.24. The fourth-order valence-electron chi connectivity index (χ4n) is 2.53. The Hall–Kier alpha value is -2.34. The fraction of sp³-hybridized carbons (Fsp3) is 0.333. The number of carbonyl (C=O) groups is 2. The van der Waals surface area contributed by atoms with Crippen molar-refractivity contribution < 1.29 is 14.3 Å². The Kier molecular flexibility index (Phi) is 5.15. The normalized spacial score (nSPS) is 14.1. The number of hydrogen-bond acceptors (Lipinski definition) is 4. The van der Waals surface area contributed by atoms with E-state index in [1.807, 2.05) is 49.4 Å². The van der Waals surface area contributed by atoms with Crippen LogP contribution in [0.25, 0.3) is 0 Å². The van der Waals surface area contributed by atoms with Crippen LogP contribution in [0.2, 0.25) is 0 Å². The number of ether oxygens (including phenoxy) is 1. The summed E-state index contributed by atoms with van der Waals surface area (Å²) in [6.45, 7) is 3.96. The van der Waals surface area contributed by atoms with Crippen LogP contribution in [0.5, 0.6) is 5.75 Å². The molecule has 0 atom stereocenters. The van der Waals surface area contributed by atoms with Crippen LogP contribution in [-0.2, 0) is 11.4 Å². The van der Waals surface area contributed by atoms with E-state index in [1.165, 1.54) is 11.3 Å². The molecule has 0 radical (unpaired) electrons. The molecule has 5 nitrogen and oxygen atoms in total. The van der Waals surface area contributed by atoms with Crippen LogP contribution in [0, 0.1) is 5.92 Å². The van der Waals surface area contributed by atoms with E-state index in [4.69, 9.17) is 4.74 Å².